The van der Waals surface area contributed by atoms with Gasteiger partial charge in [0.15, 0.2) is 15.0 Å². The third kappa shape index (κ3) is 3.59. The minimum atomic E-state index is -3.49. The Bertz CT molecular complexity index is 1150. The Morgan fingerprint density at radius 2 is 1.93 bits per heavy atom. The lowest BCUT2D eigenvalue weighted by molar-refractivity contribution is 0.102. The third-order valence-electron chi connectivity index (χ3n) is 4.97. The zero-order valence-corrected chi connectivity index (χ0v) is 17.1. The molecule has 0 spiro atoms. The van der Waals surface area contributed by atoms with Crippen molar-refractivity contribution in [2.24, 2.45) is 0 Å². The number of nitrogens with one attached hydrogen (secondary N) is 1. The Hall–Kier alpha value is -2.51. The number of benzene rings is 2. The van der Waals surface area contributed by atoms with Crippen LogP contribution in [-0.4, -0.2) is 25.1 Å². The second kappa shape index (κ2) is 7.48. The van der Waals surface area contributed by atoms with Crippen molar-refractivity contribution < 1.29 is 13.2 Å². The first-order valence-corrected chi connectivity index (χ1v) is 11.7. The van der Waals surface area contributed by atoms with Crippen LogP contribution in [0.3, 0.4) is 0 Å². The fourth-order valence-corrected chi connectivity index (χ4v) is 5.25. The third-order valence-corrected chi connectivity index (χ3v) is 7.51. The summed E-state index contributed by atoms with van der Waals surface area (Å²) >= 11 is 1.33. The maximum Gasteiger partial charge on any atom is 0.258 e. The first-order valence-electron chi connectivity index (χ1n) is 9.19. The first-order chi connectivity index (χ1) is 13.5. The van der Waals surface area contributed by atoms with Gasteiger partial charge in [0.2, 0.25) is 0 Å². The quantitative estimate of drug-likeness (QED) is 0.676. The maximum absolute atomic E-state index is 12.7. The van der Waals surface area contributed by atoms with Crippen molar-refractivity contribution in [3.63, 3.8) is 0 Å². The standard InChI is InChI=1S/C21H20N2O3S2/c1-2-28(25,26)19-9-4-3-8-17(19)20(24)23-21-22-18(13-27-21)16-11-10-14-6-5-7-15(14)12-16/h3-4,8-13H,2,5-7H2,1H3,(H,22,23,24). The number of rotatable bonds is 5. The number of carbonyl (C=O) groups excluding carboxylic acids is 1. The lowest BCUT2D eigenvalue weighted by atomic mass is 10.1. The van der Waals surface area contributed by atoms with Crippen molar-refractivity contribution in [3.05, 3.63) is 64.5 Å². The van der Waals surface area contributed by atoms with Gasteiger partial charge < -0.3 is 0 Å². The summed E-state index contributed by atoms with van der Waals surface area (Å²) in [4.78, 5) is 17.3. The van der Waals surface area contributed by atoms with Crippen molar-refractivity contribution in [1.29, 1.82) is 0 Å². The van der Waals surface area contributed by atoms with Crippen molar-refractivity contribution >= 4 is 32.2 Å². The smallest absolute Gasteiger partial charge is 0.258 e. The monoisotopic (exact) mass is 412 g/mol. The van der Waals surface area contributed by atoms with Crippen LogP contribution in [0, 0.1) is 0 Å². The molecule has 0 radical (unpaired) electrons. The Labute approximate surface area is 168 Å². The molecule has 5 nitrogen and oxygen atoms in total. The molecule has 28 heavy (non-hydrogen) atoms. The topological polar surface area (TPSA) is 76.1 Å². The summed E-state index contributed by atoms with van der Waals surface area (Å²) < 4.78 is 24.5. The van der Waals surface area contributed by atoms with E-state index < -0.39 is 15.7 Å². The molecule has 0 aliphatic heterocycles. The van der Waals surface area contributed by atoms with E-state index in [0.29, 0.717) is 5.13 Å². The average Bonchev–Trinajstić information content (AvgIpc) is 3.36. The number of nitrogens with zero attached hydrogens (tertiary/aromatic N) is 1. The normalized spacial score (nSPS) is 13.3. The van der Waals surface area contributed by atoms with Crippen LogP contribution in [0.4, 0.5) is 5.13 Å². The Morgan fingerprint density at radius 1 is 1.14 bits per heavy atom. The van der Waals surface area contributed by atoms with E-state index in [4.69, 9.17) is 0 Å². The zero-order valence-electron chi connectivity index (χ0n) is 15.4. The molecule has 0 unspecified atom stereocenters. The molecule has 2 aromatic carbocycles. The fraction of sp³-hybridized carbons (Fsp3) is 0.238. The second-order valence-corrected chi connectivity index (χ2v) is 9.83. The first kappa shape index (κ1) is 18.8. The van der Waals surface area contributed by atoms with Crippen molar-refractivity contribution in [2.75, 3.05) is 11.1 Å². The van der Waals surface area contributed by atoms with Crippen LogP contribution < -0.4 is 5.32 Å². The van der Waals surface area contributed by atoms with Gasteiger partial charge in [0.1, 0.15) is 0 Å². The highest BCUT2D eigenvalue weighted by Gasteiger charge is 2.21. The van der Waals surface area contributed by atoms with E-state index in [-0.39, 0.29) is 16.2 Å². The number of anilines is 1. The number of thiazole rings is 1. The van der Waals surface area contributed by atoms with Crippen LogP contribution >= 0.6 is 11.3 Å². The number of fused-ring (bicyclic) bond motifs is 1. The molecule has 3 aromatic rings. The Morgan fingerprint density at radius 3 is 2.75 bits per heavy atom. The van der Waals surface area contributed by atoms with Crippen LogP contribution in [0.2, 0.25) is 0 Å². The number of hydrogen-bond donors (Lipinski definition) is 1. The number of aromatic nitrogens is 1. The Balaban J connectivity index is 1.58. The van der Waals surface area contributed by atoms with E-state index in [1.54, 1.807) is 19.1 Å². The summed E-state index contributed by atoms with van der Waals surface area (Å²) in [6.07, 6.45) is 3.42. The largest absolute Gasteiger partial charge is 0.298 e. The Kier molecular flexibility index (Phi) is 5.03. The highest BCUT2D eigenvalue weighted by molar-refractivity contribution is 7.91. The lowest BCUT2D eigenvalue weighted by Gasteiger charge is -2.08. The minimum absolute atomic E-state index is 0.0467. The molecule has 0 atom stereocenters. The molecule has 1 aliphatic rings. The predicted molar refractivity (Wildman–Crippen MR) is 112 cm³/mol. The van der Waals surface area contributed by atoms with Gasteiger partial charge in [-0.3, -0.25) is 10.1 Å². The van der Waals surface area contributed by atoms with Crippen molar-refractivity contribution in [3.8, 4) is 11.3 Å². The molecular formula is C21H20N2O3S2. The molecule has 0 saturated carbocycles. The fourth-order valence-electron chi connectivity index (χ4n) is 3.44. The lowest BCUT2D eigenvalue weighted by Crippen LogP contribution is -2.17. The van der Waals surface area contributed by atoms with Gasteiger partial charge >= 0.3 is 0 Å². The number of sulfone groups is 1. The van der Waals surface area contributed by atoms with E-state index in [1.165, 1.54) is 41.0 Å². The van der Waals surface area contributed by atoms with Gasteiger partial charge in [0, 0.05) is 10.9 Å². The second-order valence-electron chi connectivity index (χ2n) is 6.73. The van der Waals surface area contributed by atoms with Crippen LogP contribution in [0.1, 0.15) is 34.8 Å². The molecule has 1 N–H and O–H groups in total. The average molecular weight is 413 g/mol. The highest BCUT2D eigenvalue weighted by Crippen LogP contribution is 2.30. The van der Waals surface area contributed by atoms with Crippen LogP contribution in [0.25, 0.3) is 11.3 Å². The predicted octanol–water partition coefficient (Wildman–Crippen LogP) is 4.34. The van der Waals surface area contributed by atoms with Crippen LogP contribution in [0.15, 0.2) is 52.7 Å². The number of carbonyl (C=O) groups is 1. The van der Waals surface area contributed by atoms with Gasteiger partial charge in [0.05, 0.1) is 21.9 Å². The summed E-state index contributed by atoms with van der Waals surface area (Å²) in [7, 11) is -3.49. The molecule has 1 aromatic heterocycles. The van der Waals surface area contributed by atoms with Gasteiger partial charge in [-0.15, -0.1) is 11.3 Å². The van der Waals surface area contributed by atoms with E-state index in [9.17, 15) is 13.2 Å². The summed E-state index contributed by atoms with van der Waals surface area (Å²) in [5.41, 5.74) is 4.76. The summed E-state index contributed by atoms with van der Waals surface area (Å²) in [5.74, 6) is -0.528. The van der Waals surface area contributed by atoms with Gasteiger partial charge in [0.25, 0.3) is 5.91 Å². The van der Waals surface area contributed by atoms with Crippen LogP contribution in [-0.2, 0) is 22.7 Å². The van der Waals surface area contributed by atoms with Gasteiger partial charge in [-0.1, -0.05) is 31.2 Å². The molecule has 1 aliphatic carbocycles. The molecule has 1 heterocycles. The highest BCUT2D eigenvalue weighted by atomic mass is 32.2. The van der Waals surface area contributed by atoms with Crippen LogP contribution in [0.5, 0.6) is 0 Å². The van der Waals surface area contributed by atoms with E-state index in [0.717, 1.165) is 24.1 Å². The maximum atomic E-state index is 12.7. The molecule has 7 heteroatoms. The SMILES string of the molecule is CCS(=O)(=O)c1ccccc1C(=O)Nc1nc(-c2ccc3c(c2)CCC3)cs1. The van der Waals surface area contributed by atoms with Crippen molar-refractivity contribution in [2.45, 2.75) is 31.1 Å². The van der Waals surface area contributed by atoms with Gasteiger partial charge in [-0.25, -0.2) is 13.4 Å². The minimum Gasteiger partial charge on any atom is -0.298 e. The molecular weight excluding hydrogens is 392 g/mol. The molecule has 144 valence electrons. The number of hydrogen-bond acceptors (Lipinski definition) is 5. The van der Waals surface area contributed by atoms with E-state index >= 15 is 0 Å². The van der Waals surface area contributed by atoms with E-state index in [2.05, 4.69) is 28.5 Å². The summed E-state index contributed by atoms with van der Waals surface area (Å²) in [6.45, 7) is 1.56. The molecule has 4 rings (SSSR count). The summed E-state index contributed by atoms with van der Waals surface area (Å²) in [5, 5.41) is 5.09. The molecule has 0 bridgehead atoms. The zero-order chi connectivity index (χ0) is 19.7. The van der Waals surface area contributed by atoms with E-state index in [1.807, 2.05) is 5.38 Å². The number of amides is 1. The number of aryl methyl sites for hydroxylation is 2. The molecule has 1 amide bonds. The van der Waals surface area contributed by atoms with Crippen molar-refractivity contribution in [1.82, 2.24) is 4.98 Å². The molecule has 0 saturated heterocycles. The van der Waals surface area contributed by atoms with Gasteiger partial charge in [-0.05, 0) is 48.6 Å². The molecule has 0 fully saturated rings. The summed E-state index contributed by atoms with van der Waals surface area (Å²) in [6, 6.07) is 12.6. The van der Waals surface area contributed by atoms with Gasteiger partial charge in [-0.2, -0.15) is 0 Å².